The number of hydrogen-bond donors (Lipinski definition) is 4. The Bertz CT molecular complexity index is 1550. The van der Waals surface area contributed by atoms with Crippen LogP contribution in [-0.2, 0) is 16.6 Å². The van der Waals surface area contributed by atoms with E-state index in [9.17, 15) is 23.4 Å². The van der Waals surface area contributed by atoms with Crippen LogP contribution in [0.4, 0.5) is 5.69 Å². The molecule has 3 aromatic carbocycles. The van der Waals surface area contributed by atoms with Crippen LogP contribution in [0.5, 0.6) is 17.4 Å². The van der Waals surface area contributed by atoms with Gasteiger partial charge in [-0.3, -0.25) is 19.5 Å². The lowest BCUT2D eigenvalue weighted by Gasteiger charge is -2.10. The van der Waals surface area contributed by atoms with Crippen molar-refractivity contribution in [1.82, 2.24) is 4.98 Å². The van der Waals surface area contributed by atoms with Crippen molar-refractivity contribution in [2.45, 2.75) is 11.4 Å². The summed E-state index contributed by atoms with van der Waals surface area (Å²) >= 11 is 0. The highest BCUT2D eigenvalue weighted by molar-refractivity contribution is 7.92. The minimum absolute atomic E-state index is 0.0251. The second kappa shape index (κ2) is 9.28. The van der Waals surface area contributed by atoms with Crippen LogP contribution < -0.4 is 15.0 Å². The largest absolute Gasteiger partial charge is 0.504 e. The first-order valence-electron chi connectivity index (χ1n) is 10.1. The standard InChI is InChI=1S/C24H21N3O6S/c1-33-22-10-7-15(11-21(22)28)13-25-14-20-19-12-16(8-9-18(19)23(29)26-24(20)30)27-34(31,32)17-5-3-2-4-6-17/h2-12,14,27-28H,13H2,1H3,(H2,26,29,30). The molecule has 10 heteroatoms. The maximum absolute atomic E-state index is 12.7. The van der Waals surface area contributed by atoms with Gasteiger partial charge in [0.05, 0.1) is 24.1 Å². The van der Waals surface area contributed by atoms with Gasteiger partial charge >= 0.3 is 0 Å². The maximum atomic E-state index is 12.7. The normalized spacial score (nSPS) is 11.7. The van der Waals surface area contributed by atoms with E-state index in [0.717, 1.165) is 0 Å². The van der Waals surface area contributed by atoms with Gasteiger partial charge in [0.2, 0.25) is 5.88 Å². The Hall–Kier alpha value is -4.31. The van der Waals surface area contributed by atoms with Gasteiger partial charge in [-0.15, -0.1) is 0 Å². The molecule has 0 saturated carbocycles. The van der Waals surface area contributed by atoms with Gasteiger partial charge in [-0.25, -0.2) is 8.42 Å². The predicted octanol–water partition coefficient (Wildman–Crippen LogP) is 3.37. The predicted molar refractivity (Wildman–Crippen MR) is 129 cm³/mol. The molecule has 0 fully saturated rings. The minimum Gasteiger partial charge on any atom is -0.504 e. The zero-order valence-electron chi connectivity index (χ0n) is 18.0. The van der Waals surface area contributed by atoms with Crippen molar-refractivity contribution in [3.05, 3.63) is 88.2 Å². The number of phenolic OH excluding ortho intramolecular Hbond substituents is 1. The molecule has 1 heterocycles. The molecule has 0 amide bonds. The smallest absolute Gasteiger partial charge is 0.261 e. The molecule has 4 aromatic rings. The van der Waals surface area contributed by atoms with E-state index in [-0.39, 0.29) is 33.8 Å². The number of phenols is 1. The van der Waals surface area contributed by atoms with E-state index < -0.39 is 21.5 Å². The number of fused-ring (bicyclic) bond motifs is 1. The van der Waals surface area contributed by atoms with Gasteiger partial charge in [0, 0.05) is 22.7 Å². The first-order valence-corrected chi connectivity index (χ1v) is 11.6. The van der Waals surface area contributed by atoms with Crippen molar-refractivity contribution in [2.75, 3.05) is 11.8 Å². The van der Waals surface area contributed by atoms with E-state index in [1.54, 1.807) is 30.3 Å². The van der Waals surface area contributed by atoms with Crippen LogP contribution in [0, 0.1) is 0 Å². The number of nitrogens with zero attached hydrogens (tertiary/aromatic N) is 1. The molecule has 0 atom stereocenters. The molecule has 0 spiro atoms. The number of aromatic amines is 1. The molecule has 0 aliphatic rings. The third-order valence-corrected chi connectivity index (χ3v) is 6.48. The Balaban J connectivity index is 1.68. The van der Waals surface area contributed by atoms with Crippen LogP contribution in [0.1, 0.15) is 11.1 Å². The Kier molecular flexibility index (Phi) is 6.24. The summed E-state index contributed by atoms with van der Waals surface area (Å²) in [7, 11) is -2.39. The van der Waals surface area contributed by atoms with E-state index in [0.29, 0.717) is 16.7 Å². The van der Waals surface area contributed by atoms with Crippen molar-refractivity contribution in [2.24, 2.45) is 4.99 Å². The van der Waals surface area contributed by atoms with Crippen molar-refractivity contribution < 1.29 is 23.4 Å². The summed E-state index contributed by atoms with van der Waals surface area (Å²) in [5.74, 6) is -0.0905. The molecule has 0 aliphatic heterocycles. The van der Waals surface area contributed by atoms with Gasteiger partial charge in [-0.05, 0) is 48.0 Å². The summed E-state index contributed by atoms with van der Waals surface area (Å²) in [4.78, 5) is 19.1. The van der Waals surface area contributed by atoms with Crippen LogP contribution in [0.3, 0.4) is 0 Å². The molecule has 0 bridgehead atoms. The summed E-state index contributed by atoms with van der Waals surface area (Å²) in [6, 6.07) is 17.1. The van der Waals surface area contributed by atoms with Crippen LogP contribution in [-0.4, -0.2) is 36.9 Å². The van der Waals surface area contributed by atoms with Gasteiger partial charge in [0.25, 0.3) is 15.6 Å². The number of aromatic hydroxyl groups is 2. The first-order chi connectivity index (χ1) is 16.3. The number of pyridine rings is 1. The Morgan fingerprint density at radius 1 is 1.03 bits per heavy atom. The average Bonchev–Trinajstić information content (AvgIpc) is 2.81. The number of sulfonamides is 1. The molecule has 174 valence electrons. The topological polar surface area (TPSA) is 141 Å². The summed E-state index contributed by atoms with van der Waals surface area (Å²) in [6.45, 7) is 0.179. The molecule has 1 aromatic heterocycles. The summed E-state index contributed by atoms with van der Waals surface area (Å²) in [5.41, 5.74) is 0.602. The maximum Gasteiger partial charge on any atom is 0.261 e. The fraction of sp³-hybridized carbons (Fsp3) is 0.0833. The van der Waals surface area contributed by atoms with Crippen LogP contribution in [0.2, 0.25) is 0 Å². The number of aromatic nitrogens is 1. The molecule has 0 unspecified atom stereocenters. The lowest BCUT2D eigenvalue weighted by atomic mass is 10.1. The highest BCUT2D eigenvalue weighted by atomic mass is 32.2. The monoisotopic (exact) mass is 479 g/mol. The zero-order chi connectivity index (χ0) is 24.3. The Morgan fingerprint density at radius 2 is 1.79 bits per heavy atom. The van der Waals surface area contributed by atoms with E-state index in [1.165, 1.54) is 49.7 Å². The lowest BCUT2D eigenvalue weighted by Crippen LogP contribution is -2.13. The highest BCUT2D eigenvalue weighted by Crippen LogP contribution is 2.28. The SMILES string of the molecule is COc1ccc(CN=Cc2c(O)[nH]c(=O)c3ccc(NS(=O)(=O)c4ccccc4)cc23)cc1O. The lowest BCUT2D eigenvalue weighted by molar-refractivity contribution is 0.373. The van der Waals surface area contributed by atoms with Crippen molar-refractivity contribution >= 4 is 32.7 Å². The average molecular weight is 480 g/mol. The number of anilines is 1. The molecular weight excluding hydrogens is 458 g/mol. The number of hydrogen-bond acceptors (Lipinski definition) is 7. The van der Waals surface area contributed by atoms with Gasteiger partial charge in [-0.2, -0.15) is 0 Å². The van der Waals surface area contributed by atoms with Crippen molar-refractivity contribution in [3.63, 3.8) is 0 Å². The van der Waals surface area contributed by atoms with E-state index in [2.05, 4.69) is 14.7 Å². The van der Waals surface area contributed by atoms with Crippen molar-refractivity contribution in [3.8, 4) is 17.4 Å². The van der Waals surface area contributed by atoms with Gasteiger partial charge in [0.1, 0.15) is 0 Å². The third kappa shape index (κ3) is 4.71. The highest BCUT2D eigenvalue weighted by Gasteiger charge is 2.16. The molecule has 0 aliphatic carbocycles. The number of nitrogens with one attached hydrogen (secondary N) is 2. The molecule has 4 rings (SSSR count). The molecule has 0 saturated heterocycles. The van der Waals surface area contributed by atoms with Crippen molar-refractivity contribution in [1.29, 1.82) is 0 Å². The van der Waals surface area contributed by atoms with Crippen LogP contribution in [0.15, 0.2) is 81.4 Å². The van der Waals surface area contributed by atoms with E-state index in [1.807, 2.05) is 0 Å². The molecule has 9 nitrogen and oxygen atoms in total. The number of ether oxygens (including phenoxy) is 1. The second-order valence-corrected chi connectivity index (χ2v) is 9.05. The molecule has 0 radical (unpaired) electrons. The van der Waals surface area contributed by atoms with Gasteiger partial charge < -0.3 is 14.9 Å². The van der Waals surface area contributed by atoms with Crippen LogP contribution in [0.25, 0.3) is 10.8 Å². The summed E-state index contributed by atoms with van der Waals surface area (Å²) < 4.78 is 32.9. The summed E-state index contributed by atoms with van der Waals surface area (Å²) in [5, 5.41) is 20.8. The van der Waals surface area contributed by atoms with E-state index >= 15 is 0 Å². The van der Waals surface area contributed by atoms with Gasteiger partial charge in [-0.1, -0.05) is 24.3 Å². The van der Waals surface area contributed by atoms with E-state index in [4.69, 9.17) is 4.74 Å². The Labute approximate surface area is 195 Å². The number of methoxy groups -OCH3 is 1. The first kappa shape index (κ1) is 22.9. The summed E-state index contributed by atoms with van der Waals surface area (Å²) in [6.07, 6.45) is 1.38. The number of benzene rings is 3. The molecule has 4 N–H and O–H groups in total. The fourth-order valence-corrected chi connectivity index (χ4v) is 4.49. The minimum atomic E-state index is -3.84. The molecule has 34 heavy (non-hydrogen) atoms. The number of H-pyrrole nitrogens is 1. The van der Waals surface area contributed by atoms with Gasteiger partial charge in [0.15, 0.2) is 11.5 Å². The fourth-order valence-electron chi connectivity index (χ4n) is 3.42. The van der Waals surface area contributed by atoms with Crippen LogP contribution >= 0.6 is 0 Å². The Morgan fingerprint density at radius 3 is 2.50 bits per heavy atom. The quantitative estimate of drug-likeness (QED) is 0.300. The third-order valence-electron chi connectivity index (χ3n) is 5.08. The zero-order valence-corrected chi connectivity index (χ0v) is 18.8. The molecular formula is C24H21N3O6S. The number of aliphatic imine (C=N–C) groups is 1. The number of rotatable bonds is 7. The second-order valence-electron chi connectivity index (χ2n) is 7.37.